The summed E-state index contributed by atoms with van der Waals surface area (Å²) < 4.78 is 16.0. The zero-order valence-electron chi connectivity index (χ0n) is 31.8. The van der Waals surface area contributed by atoms with E-state index >= 15 is 0 Å². The van der Waals surface area contributed by atoms with Gasteiger partial charge >= 0.3 is 6.09 Å². The second-order valence-electron chi connectivity index (χ2n) is 15.8. The number of aromatic nitrogens is 5. The van der Waals surface area contributed by atoms with Crippen molar-refractivity contribution in [3.63, 3.8) is 0 Å². The SMILES string of the molecule is CC(C)(C)OC(=O)N1C[C@H](CCC(Nc2cccc(SNC(=O)c3ccc(-n4ccc(OCCC5CCCC5)n4)nc3Cl)n2)c2ccccn2)CC1(C)C. The number of anilines is 1. The molecular weight excluding hydrogens is 724 g/mol. The van der Waals surface area contributed by atoms with Crippen LogP contribution < -0.4 is 14.8 Å². The van der Waals surface area contributed by atoms with Crippen molar-refractivity contribution in [1.29, 1.82) is 0 Å². The Hall–Kier alpha value is -4.36. The largest absolute Gasteiger partial charge is 0.477 e. The highest BCUT2D eigenvalue weighted by Crippen LogP contribution is 2.38. The van der Waals surface area contributed by atoms with E-state index in [9.17, 15) is 9.59 Å². The van der Waals surface area contributed by atoms with Crippen molar-refractivity contribution in [1.82, 2.24) is 34.4 Å². The Kier molecular flexibility index (Phi) is 12.7. The van der Waals surface area contributed by atoms with Crippen LogP contribution in [-0.2, 0) is 4.74 Å². The number of halogens is 1. The number of nitrogens with one attached hydrogen (secondary N) is 2. The molecule has 1 saturated carbocycles. The maximum absolute atomic E-state index is 13.2. The van der Waals surface area contributed by atoms with Crippen LogP contribution >= 0.6 is 23.5 Å². The molecule has 288 valence electrons. The summed E-state index contributed by atoms with van der Waals surface area (Å²) in [6, 6.07) is 16.5. The first-order valence-electron chi connectivity index (χ1n) is 18.8. The molecule has 54 heavy (non-hydrogen) atoms. The Balaban J connectivity index is 1.03. The molecule has 2 N–H and O–H groups in total. The van der Waals surface area contributed by atoms with Crippen LogP contribution in [0.25, 0.3) is 5.82 Å². The van der Waals surface area contributed by atoms with Crippen LogP contribution in [-0.4, -0.2) is 65.9 Å². The second kappa shape index (κ2) is 17.4. The molecule has 12 nitrogen and oxygen atoms in total. The van der Waals surface area contributed by atoms with Crippen LogP contribution in [0.4, 0.5) is 10.6 Å². The van der Waals surface area contributed by atoms with E-state index in [1.165, 1.54) is 25.7 Å². The third kappa shape index (κ3) is 10.7. The van der Waals surface area contributed by atoms with Gasteiger partial charge in [-0.1, -0.05) is 49.4 Å². The maximum atomic E-state index is 13.2. The predicted molar refractivity (Wildman–Crippen MR) is 211 cm³/mol. The number of carbonyl (C=O) groups excluding carboxylic acids is 2. The molecule has 1 aliphatic carbocycles. The second-order valence-corrected chi connectivity index (χ2v) is 17.0. The van der Waals surface area contributed by atoms with Gasteiger partial charge in [0.2, 0.25) is 5.88 Å². The molecule has 1 saturated heterocycles. The lowest BCUT2D eigenvalue weighted by molar-refractivity contribution is 0.0130. The average Bonchev–Trinajstić information content (AvgIpc) is 3.89. The van der Waals surface area contributed by atoms with Crippen molar-refractivity contribution in [3.8, 4) is 11.7 Å². The summed E-state index contributed by atoms with van der Waals surface area (Å²) >= 11 is 7.58. The van der Waals surface area contributed by atoms with E-state index < -0.39 is 11.5 Å². The number of amides is 2. The maximum Gasteiger partial charge on any atom is 0.410 e. The summed E-state index contributed by atoms with van der Waals surface area (Å²) in [6.45, 7) is 11.2. The number of ether oxygens (including phenoxy) is 2. The minimum absolute atomic E-state index is 0.0613. The molecule has 14 heteroatoms. The smallest absolute Gasteiger partial charge is 0.410 e. The lowest BCUT2D eigenvalue weighted by Gasteiger charge is -2.33. The monoisotopic (exact) mass is 774 g/mol. The number of hydrogen-bond acceptors (Lipinski definition) is 10. The summed E-state index contributed by atoms with van der Waals surface area (Å²) in [5.74, 6) is 2.32. The average molecular weight is 775 g/mol. The van der Waals surface area contributed by atoms with Crippen molar-refractivity contribution in [2.45, 2.75) is 108 Å². The Morgan fingerprint density at radius 1 is 1.02 bits per heavy atom. The van der Waals surface area contributed by atoms with Gasteiger partial charge in [-0.15, -0.1) is 5.10 Å². The minimum Gasteiger partial charge on any atom is -0.477 e. The summed E-state index contributed by atoms with van der Waals surface area (Å²) in [7, 11) is 0. The summed E-state index contributed by atoms with van der Waals surface area (Å²) in [5.41, 5.74) is 0.287. The van der Waals surface area contributed by atoms with Crippen molar-refractivity contribution >= 4 is 41.4 Å². The molecule has 2 amide bonds. The molecule has 2 aliphatic rings. The van der Waals surface area contributed by atoms with E-state index in [2.05, 4.69) is 39.0 Å². The van der Waals surface area contributed by atoms with Crippen LogP contribution in [0.5, 0.6) is 5.88 Å². The third-order valence-corrected chi connectivity index (χ3v) is 10.9. The Morgan fingerprint density at radius 2 is 1.83 bits per heavy atom. The molecular formula is C40H51ClN8O4S. The highest BCUT2D eigenvalue weighted by atomic mass is 35.5. The topological polar surface area (TPSA) is 136 Å². The highest BCUT2D eigenvalue weighted by molar-refractivity contribution is 7.97. The van der Waals surface area contributed by atoms with Gasteiger partial charge in [-0.2, -0.15) is 0 Å². The van der Waals surface area contributed by atoms with Crippen LogP contribution in [0.2, 0.25) is 5.15 Å². The Labute approximate surface area is 327 Å². The lowest BCUT2D eigenvalue weighted by Crippen LogP contribution is -2.45. The van der Waals surface area contributed by atoms with Crippen LogP contribution in [0, 0.1) is 11.8 Å². The van der Waals surface area contributed by atoms with Crippen molar-refractivity contribution in [3.05, 3.63) is 83.4 Å². The first kappa shape index (κ1) is 39.3. The number of carbonyl (C=O) groups is 2. The number of nitrogens with zero attached hydrogens (tertiary/aromatic N) is 6. The first-order valence-corrected chi connectivity index (χ1v) is 20.0. The van der Waals surface area contributed by atoms with E-state index in [-0.39, 0.29) is 28.4 Å². The van der Waals surface area contributed by atoms with Crippen LogP contribution in [0.15, 0.2) is 72.0 Å². The fraction of sp³-hybridized carbons (Fsp3) is 0.500. The van der Waals surface area contributed by atoms with Gasteiger partial charge in [0, 0.05) is 42.5 Å². The molecule has 0 aromatic carbocycles. The van der Waals surface area contributed by atoms with E-state index in [0.717, 1.165) is 49.2 Å². The third-order valence-electron chi connectivity index (χ3n) is 9.90. The van der Waals surface area contributed by atoms with E-state index in [4.69, 9.17) is 26.1 Å². The molecule has 5 heterocycles. The zero-order chi connectivity index (χ0) is 38.3. The molecule has 0 bridgehead atoms. The minimum atomic E-state index is -0.548. The molecule has 2 fully saturated rings. The zero-order valence-corrected chi connectivity index (χ0v) is 33.3. The molecule has 2 atom stereocenters. The highest BCUT2D eigenvalue weighted by Gasteiger charge is 2.43. The molecule has 6 rings (SSSR count). The molecule has 4 aromatic heterocycles. The standard InChI is InChI=1S/C40H51ClN8O4S/c1-39(2,3)53-38(51)48-26-28(25-40(48,4)5)16-18-31(30-13-8-9-22-42-30)43-32-14-10-15-35(44-32)54-47-37(50)29-17-19-33(45-36(29)41)49-23-20-34(46-49)52-24-21-27-11-6-7-12-27/h8-10,13-15,17,19-20,22-23,27-28,31H,6-7,11-12,16,18,21,24-26H2,1-5H3,(H,43,44)(H,47,50)/t28-,31?/m1/s1. The fourth-order valence-corrected chi connectivity index (χ4v) is 8.08. The van der Waals surface area contributed by atoms with E-state index in [0.29, 0.717) is 41.6 Å². The summed E-state index contributed by atoms with van der Waals surface area (Å²) in [4.78, 5) is 41.9. The van der Waals surface area contributed by atoms with Crippen LogP contribution in [0.3, 0.4) is 0 Å². The van der Waals surface area contributed by atoms with Gasteiger partial charge in [-0.05, 0) is 109 Å². The Morgan fingerprint density at radius 3 is 2.57 bits per heavy atom. The number of rotatable bonds is 14. The molecule has 1 unspecified atom stereocenters. The predicted octanol–water partition coefficient (Wildman–Crippen LogP) is 9.08. The van der Waals surface area contributed by atoms with Gasteiger partial charge in [0.15, 0.2) is 5.82 Å². The number of hydrogen-bond donors (Lipinski definition) is 2. The van der Waals surface area contributed by atoms with Crippen molar-refractivity contribution < 1.29 is 19.1 Å². The van der Waals surface area contributed by atoms with Gasteiger partial charge in [-0.25, -0.2) is 19.4 Å². The Bertz CT molecular complexity index is 1880. The summed E-state index contributed by atoms with van der Waals surface area (Å²) in [6.07, 6.45) is 12.1. The number of likely N-dealkylation sites (tertiary alicyclic amines) is 1. The quantitative estimate of drug-likeness (QED) is 0.0943. The number of pyridine rings is 3. The van der Waals surface area contributed by atoms with E-state index in [1.807, 2.05) is 62.1 Å². The molecule has 4 aromatic rings. The first-order chi connectivity index (χ1) is 25.8. The van der Waals surface area contributed by atoms with Gasteiger partial charge in [-0.3, -0.25) is 14.5 Å². The molecule has 0 spiro atoms. The van der Waals surface area contributed by atoms with Crippen molar-refractivity contribution in [2.24, 2.45) is 11.8 Å². The summed E-state index contributed by atoms with van der Waals surface area (Å²) in [5, 5.41) is 8.70. The lowest BCUT2D eigenvalue weighted by atomic mass is 9.91. The van der Waals surface area contributed by atoms with Crippen LogP contribution in [0.1, 0.15) is 108 Å². The van der Waals surface area contributed by atoms with Gasteiger partial charge < -0.3 is 19.7 Å². The normalized spacial score (nSPS) is 17.7. The molecule has 1 aliphatic heterocycles. The molecule has 0 radical (unpaired) electrons. The van der Waals surface area contributed by atoms with Gasteiger partial charge in [0.05, 0.1) is 23.9 Å². The van der Waals surface area contributed by atoms with Gasteiger partial charge in [0.1, 0.15) is 21.6 Å². The van der Waals surface area contributed by atoms with Gasteiger partial charge in [0.25, 0.3) is 5.91 Å². The fourth-order valence-electron chi connectivity index (χ4n) is 7.24. The van der Waals surface area contributed by atoms with Crippen molar-refractivity contribution in [2.75, 3.05) is 18.5 Å². The van der Waals surface area contributed by atoms with E-state index in [1.54, 1.807) is 35.3 Å².